The van der Waals surface area contributed by atoms with Gasteiger partial charge in [0.25, 0.3) is 0 Å². The summed E-state index contributed by atoms with van der Waals surface area (Å²) >= 11 is 3.48. The van der Waals surface area contributed by atoms with Crippen molar-refractivity contribution in [3.8, 4) is 0 Å². The lowest BCUT2D eigenvalue weighted by Gasteiger charge is -2.04. The molecule has 84 valence electrons. The van der Waals surface area contributed by atoms with E-state index in [0.29, 0.717) is 0 Å². The van der Waals surface area contributed by atoms with Crippen molar-refractivity contribution in [2.24, 2.45) is 0 Å². The smallest absolute Gasteiger partial charge is 0.0960 e. The molecule has 1 heterocycles. The topological polar surface area (TPSA) is 30.7 Å². The number of hydrogen-bond acceptors (Lipinski definition) is 2. The van der Waals surface area contributed by atoms with E-state index >= 15 is 0 Å². The molecule has 0 saturated carbocycles. The van der Waals surface area contributed by atoms with Crippen molar-refractivity contribution in [1.29, 1.82) is 0 Å². The van der Waals surface area contributed by atoms with Gasteiger partial charge in [0.2, 0.25) is 0 Å². The maximum absolute atomic E-state index is 4.11. The van der Waals surface area contributed by atoms with Crippen LogP contribution >= 0.6 is 15.9 Å². The quantitative estimate of drug-likeness (QED) is 0.809. The normalized spacial score (nSPS) is 12.7. The van der Waals surface area contributed by atoms with E-state index in [-0.39, 0.29) is 4.83 Å². The highest BCUT2D eigenvalue weighted by molar-refractivity contribution is 9.09. The van der Waals surface area contributed by atoms with Crippen LogP contribution in [-0.4, -0.2) is 15.0 Å². The van der Waals surface area contributed by atoms with Crippen molar-refractivity contribution in [3.05, 3.63) is 47.3 Å². The van der Waals surface area contributed by atoms with E-state index < -0.39 is 0 Å². The van der Waals surface area contributed by atoms with Gasteiger partial charge in [0.05, 0.1) is 17.1 Å². The largest absolute Gasteiger partial charge is 0.248 e. The van der Waals surface area contributed by atoms with Crippen LogP contribution in [0.4, 0.5) is 0 Å². The van der Waals surface area contributed by atoms with Crippen molar-refractivity contribution in [1.82, 2.24) is 15.0 Å². The van der Waals surface area contributed by atoms with E-state index in [4.69, 9.17) is 0 Å². The molecule has 2 rings (SSSR count). The Kier molecular flexibility index (Phi) is 3.39. The fraction of sp³-hybridized carbons (Fsp3) is 0.333. The predicted molar refractivity (Wildman–Crippen MR) is 67.6 cm³/mol. The second-order valence-corrected chi connectivity index (χ2v) is 5.26. The number of rotatable bonds is 3. The number of benzene rings is 1. The minimum atomic E-state index is 0.248. The fourth-order valence-corrected chi connectivity index (χ4v) is 1.74. The van der Waals surface area contributed by atoms with E-state index in [2.05, 4.69) is 45.3 Å². The molecule has 2 aromatic rings. The summed E-state index contributed by atoms with van der Waals surface area (Å²) in [5.41, 5.74) is 3.53. The second kappa shape index (κ2) is 4.78. The summed E-state index contributed by atoms with van der Waals surface area (Å²) in [6.45, 7) is 4.93. The van der Waals surface area contributed by atoms with Gasteiger partial charge in [0, 0.05) is 6.20 Å². The van der Waals surface area contributed by atoms with Crippen LogP contribution in [0.3, 0.4) is 0 Å². The third kappa shape index (κ3) is 2.50. The van der Waals surface area contributed by atoms with Crippen molar-refractivity contribution < 1.29 is 0 Å². The zero-order valence-corrected chi connectivity index (χ0v) is 11.0. The third-order valence-corrected chi connectivity index (χ3v) is 3.03. The number of hydrogen-bond donors (Lipinski definition) is 0. The standard InChI is InChI=1S/C12H14BrN3/c1-9-5-3-4-6-11(9)7-16-8-12(10(2)13)14-15-16/h3-6,8,10H,7H2,1-2H3. The van der Waals surface area contributed by atoms with Gasteiger partial charge in [-0.2, -0.15) is 0 Å². The van der Waals surface area contributed by atoms with Crippen LogP contribution in [0.25, 0.3) is 0 Å². The molecule has 0 spiro atoms. The number of nitrogens with zero attached hydrogens (tertiary/aromatic N) is 3. The van der Waals surface area contributed by atoms with E-state index in [0.717, 1.165) is 12.2 Å². The van der Waals surface area contributed by atoms with Crippen molar-refractivity contribution in [3.63, 3.8) is 0 Å². The Morgan fingerprint density at radius 2 is 2.12 bits per heavy atom. The highest BCUT2D eigenvalue weighted by atomic mass is 79.9. The average molecular weight is 280 g/mol. The van der Waals surface area contributed by atoms with Crippen LogP contribution in [0.1, 0.15) is 28.6 Å². The molecule has 0 bridgehead atoms. The Morgan fingerprint density at radius 3 is 2.75 bits per heavy atom. The maximum atomic E-state index is 4.11. The molecule has 0 saturated heterocycles. The Bertz CT molecular complexity index is 477. The Labute approximate surface area is 104 Å². The van der Waals surface area contributed by atoms with Gasteiger partial charge < -0.3 is 0 Å². The molecule has 3 nitrogen and oxygen atoms in total. The van der Waals surface area contributed by atoms with Gasteiger partial charge >= 0.3 is 0 Å². The first-order valence-electron chi connectivity index (χ1n) is 5.25. The Morgan fingerprint density at radius 1 is 1.38 bits per heavy atom. The summed E-state index contributed by atoms with van der Waals surface area (Å²) in [7, 11) is 0. The lowest BCUT2D eigenvalue weighted by atomic mass is 10.1. The summed E-state index contributed by atoms with van der Waals surface area (Å²) in [6.07, 6.45) is 1.98. The van der Waals surface area contributed by atoms with Gasteiger partial charge in [-0.1, -0.05) is 45.4 Å². The van der Waals surface area contributed by atoms with Gasteiger partial charge in [-0.05, 0) is 25.0 Å². The highest BCUT2D eigenvalue weighted by Crippen LogP contribution is 2.18. The zero-order valence-electron chi connectivity index (χ0n) is 9.39. The Hall–Kier alpha value is -1.16. The average Bonchev–Trinajstić information content (AvgIpc) is 2.70. The van der Waals surface area contributed by atoms with Crippen molar-refractivity contribution in [2.75, 3.05) is 0 Å². The molecule has 0 aliphatic rings. The number of aryl methyl sites for hydroxylation is 1. The van der Waals surface area contributed by atoms with Crippen molar-refractivity contribution in [2.45, 2.75) is 25.2 Å². The first kappa shape index (κ1) is 11.3. The third-order valence-electron chi connectivity index (χ3n) is 2.56. The number of halogens is 1. The van der Waals surface area contributed by atoms with E-state index in [9.17, 15) is 0 Å². The molecule has 1 unspecified atom stereocenters. The molecule has 1 aromatic heterocycles. The molecule has 1 atom stereocenters. The molecule has 4 heteroatoms. The molecule has 0 aliphatic carbocycles. The second-order valence-electron chi connectivity index (χ2n) is 3.88. The molecule has 16 heavy (non-hydrogen) atoms. The zero-order chi connectivity index (χ0) is 11.5. The predicted octanol–water partition coefficient (Wildman–Crippen LogP) is 3.09. The van der Waals surface area contributed by atoms with Crippen LogP contribution < -0.4 is 0 Å². The Balaban J connectivity index is 2.18. The SMILES string of the molecule is Cc1ccccc1Cn1cc(C(C)Br)nn1. The van der Waals surface area contributed by atoms with Crippen LogP contribution in [0, 0.1) is 6.92 Å². The van der Waals surface area contributed by atoms with E-state index in [1.807, 2.05) is 29.9 Å². The van der Waals surface area contributed by atoms with Crippen LogP contribution in [0.2, 0.25) is 0 Å². The minimum Gasteiger partial charge on any atom is -0.248 e. The molecule has 0 fully saturated rings. The lowest BCUT2D eigenvalue weighted by Crippen LogP contribution is -2.01. The molecule has 0 aliphatic heterocycles. The van der Waals surface area contributed by atoms with Crippen LogP contribution in [0.15, 0.2) is 30.5 Å². The fourth-order valence-electron chi connectivity index (χ4n) is 1.53. The van der Waals surface area contributed by atoms with Crippen LogP contribution in [-0.2, 0) is 6.54 Å². The molecular formula is C12H14BrN3. The maximum Gasteiger partial charge on any atom is 0.0960 e. The van der Waals surface area contributed by atoms with Gasteiger partial charge in [0.1, 0.15) is 0 Å². The lowest BCUT2D eigenvalue weighted by molar-refractivity contribution is 0.647. The van der Waals surface area contributed by atoms with Gasteiger partial charge in [-0.25, -0.2) is 4.68 Å². The summed E-state index contributed by atoms with van der Waals surface area (Å²) in [4.78, 5) is 0.248. The molecular weight excluding hydrogens is 266 g/mol. The number of alkyl halides is 1. The van der Waals surface area contributed by atoms with Gasteiger partial charge in [0.15, 0.2) is 0 Å². The molecule has 0 N–H and O–H groups in total. The summed E-state index contributed by atoms with van der Waals surface area (Å²) in [5.74, 6) is 0. The molecule has 0 radical (unpaired) electrons. The van der Waals surface area contributed by atoms with Gasteiger partial charge in [-0.3, -0.25) is 0 Å². The summed E-state index contributed by atoms with van der Waals surface area (Å²) in [6, 6.07) is 8.33. The summed E-state index contributed by atoms with van der Waals surface area (Å²) in [5, 5.41) is 8.22. The van der Waals surface area contributed by atoms with E-state index in [1.54, 1.807) is 0 Å². The monoisotopic (exact) mass is 279 g/mol. The number of aromatic nitrogens is 3. The van der Waals surface area contributed by atoms with Gasteiger partial charge in [-0.15, -0.1) is 5.10 Å². The first-order chi connectivity index (χ1) is 7.66. The van der Waals surface area contributed by atoms with Crippen molar-refractivity contribution >= 4 is 15.9 Å². The molecule has 0 amide bonds. The highest BCUT2D eigenvalue weighted by Gasteiger charge is 2.06. The first-order valence-corrected chi connectivity index (χ1v) is 6.17. The van der Waals surface area contributed by atoms with Crippen LogP contribution in [0.5, 0.6) is 0 Å². The molecule has 1 aromatic carbocycles. The van der Waals surface area contributed by atoms with E-state index in [1.165, 1.54) is 11.1 Å². The minimum absolute atomic E-state index is 0.248. The summed E-state index contributed by atoms with van der Waals surface area (Å²) < 4.78 is 1.87.